The Morgan fingerprint density at radius 3 is 2.12 bits per heavy atom. The van der Waals surface area contributed by atoms with Crippen molar-refractivity contribution in [2.45, 2.75) is 31.8 Å². The molecule has 1 N–H and O–H groups in total. The van der Waals surface area contributed by atoms with Gasteiger partial charge in [-0.3, -0.25) is 9.59 Å². The summed E-state index contributed by atoms with van der Waals surface area (Å²) in [4.78, 5) is 28.7. The van der Waals surface area contributed by atoms with Gasteiger partial charge in [-0.2, -0.15) is 0 Å². The highest BCUT2D eigenvalue weighted by molar-refractivity contribution is 6.30. The molecule has 2 amide bonds. The first-order valence-electron chi connectivity index (χ1n) is 11.4. The Morgan fingerprint density at radius 2 is 1.50 bits per heavy atom. The molecule has 1 atom stereocenters. The van der Waals surface area contributed by atoms with Crippen LogP contribution in [0.1, 0.15) is 23.1 Å². The Hall–Kier alpha value is -3.15. The first-order chi connectivity index (χ1) is 16.6. The van der Waals surface area contributed by atoms with E-state index in [1.165, 1.54) is 0 Å². The van der Waals surface area contributed by atoms with Gasteiger partial charge in [-0.25, -0.2) is 0 Å². The largest absolute Gasteiger partial charge is 0.385 e. The van der Waals surface area contributed by atoms with E-state index in [1.54, 1.807) is 24.1 Å². The third kappa shape index (κ3) is 8.01. The molecule has 0 bridgehead atoms. The summed E-state index contributed by atoms with van der Waals surface area (Å²) in [6.07, 6.45) is 1.32. The van der Waals surface area contributed by atoms with E-state index >= 15 is 0 Å². The predicted molar refractivity (Wildman–Crippen MR) is 136 cm³/mol. The number of nitrogens with one attached hydrogen (secondary N) is 1. The van der Waals surface area contributed by atoms with Crippen molar-refractivity contribution in [2.24, 2.45) is 0 Å². The molecule has 3 aromatic carbocycles. The molecule has 0 aliphatic carbocycles. The van der Waals surface area contributed by atoms with Crippen LogP contribution < -0.4 is 5.32 Å². The van der Waals surface area contributed by atoms with Crippen LogP contribution in [0.5, 0.6) is 0 Å². The molecular formula is C28H31ClN2O3. The van der Waals surface area contributed by atoms with Crippen LogP contribution in [0.3, 0.4) is 0 Å². The molecule has 0 aliphatic heterocycles. The Morgan fingerprint density at radius 1 is 0.882 bits per heavy atom. The maximum absolute atomic E-state index is 13.6. The van der Waals surface area contributed by atoms with E-state index in [2.05, 4.69) is 5.32 Å². The lowest BCUT2D eigenvalue weighted by atomic mass is 10.0. The van der Waals surface area contributed by atoms with Crippen LogP contribution in [0.15, 0.2) is 84.9 Å². The van der Waals surface area contributed by atoms with E-state index in [0.29, 0.717) is 37.6 Å². The molecule has 0 spiro atoms. The van der Waals surface area contributed by atoms with Crippen LogP contribution in [-0.2, 0) is 33.7 Å². The summed E-state index contributed by atoms with van der Waals surface area (Å²) in [6.45, 7) is 1.39. The number of ether oxygens (including phenoxy) is 1. The average Bonchev–Trinajstić information content (AvgIpc) is 2.86. The number of rotatable bonds is 12. The van der Waals surface area contributed by atoms with Gasteiger partial charge in [0.2, 0.25) is 11.8 Å². The molecule has 0 fully saturated rings. The summed E-state index contributed by atoms with van der Waals surface area (Å²) in [5, 5.41) is 3.62. The average molecular weight is 479 g/mol. The fourth-order valence-electron chi connectivity index (χ4n) is 3.76. The molecule has 6 heteroatoms. The van der Waals surface area contributed by atoms with Gasteiger partial charge in [0.15, 0.2) is 0 Å². The van der Waals surface area contributed by atoms with Crippen LogP contribution in [0, 0.1) is 0 Å². The number of benzene rings is 3. The summed E-state index contributed by atoms with van der Waals surface area (Å²) in [5.41, 5.74) is 2.82. The number of amides is 2. The van der Waals surface area contributed by atoms with Crippen molar-refractivity contribution in [3.05, 3.63) is 107 Å². The summed E-state index contributed by atoms with van der Waals surface area (Å²) < 4.78 is 5.09. The molecule has 5 nitrogen and oxygen atoms in total. The van der Waals surface area contributed by atoms with Crippen LogP contribution in [0.2, 0.25) is 5.02 Å². The van der Waals surface area contributed by atoms with Crippen molar-refractivity contribution >= 4 is 23.4 Å². The van der Waals surface area contributed by atoms with E-state index in [-0.39, 0.29) is 18.2 Å². The topological polar surface area (TPSA) is 58.6 Å². The Labute approximate surface area is 206 Å². The zero-order chi connectivity index (χ0) is 24.2. The third-order valence-corrected chi connectivity index (χ3v) is 5.81. The summed E-state index contributed by atoms with van der Waals surface area (Å²) >= 11 is 6.01. The quantitative estimate of drug-likeness (QED) is 0.385. The molecular weight excluding hydrogens is 448 g/mol. The molecule has 3 aromatic rings. The minimum absolute atomic E-state index is 0.112. The lowest BCUT2D eigenvalue weighted by Gasteiger charge is -2.31. The van der Waals surface area contributed by atoms with Gasteiger partial charge in [-0.05, 0) is 35.2 Å². The lowest BCUT2D eigenvalue weighted by molar-refractivity contribution is -0.140. The van der Waals surface area contributed by atoms with Gasteiger partial charge in [0.1, 0.15) is 6.04 Å². The third-order valence-electron chi connectivity index (χ3n) is 5.56. The summed E-state index contributed by atoms with van der Waals surface area (Å²) in [7, 11) is 1.64. The summed E-state index contributed by atoms with van der Waals surface area (Å²) in [6, 6.07) is 26.1. The Balaban J connectivity index is 1.88. The maximum Gasteiger partial charge on any atom is 0.243 e. The molecule has 0 saturated heterocycles. The second-order valence-electron chi connectivity index (χ2n) is 8.15. The van der Waals surface area contributed by atoms with Crippen molar-refractivity contribution < 1.29 is 14.3 Å². The van der Waals surface area contributed by atoms with E-state index in [9.17, 15) is 9.59 Å². The number of carbonyl (C=O) groups excluding carboxylic acids is 2. The van der Waals surface area contributed by atoms with Gasteiger partial charge in [0.05, 0.1) is 6.42 Å². The first kappa shape index (κ1) is 25.5. The SMILES string of the molecule is COCCCNC(=O)[C@@H](Cc1ccccc1)N(Cc1ccccc1)C(=O)Cc1ccc(Cl)cc1. The molecule has 34 heavy (non-hydrogen) atoms. The van der Waals surface area contributed by atoms with Crippen molar-refractivity contribution in [1.29, 1.82) is 0 Å². The van der Waals surface area contributed by atoms with Crippen molar-refractivity contribution in [3.63, 3.8) is 0 Å². The normalized spacial score (nSPS) is 11.6. The van der Waals surface area contributed by atoms with Crippen molar-refractivity contribution in [1.82, 2.24) is 10.2 Å². The van der Waals surface area contributed by atoms with Gasteiger partial charge < -0.3 is 15.0 Å². The number of halogens is 1. The number of carbonyl (C=O) groups is 2. The van der Waals surface area contributed by atoms with E-state index < -0.39 is 6.04 Å². The second kappa shape index (κ2) is 13.5. The van der Waals surface area contributed by atoms with Crippen molar-refractivity contribution in [2.75, 3.05) is 20.3 Å². The molecule has 0 heterocycles. The second-order valence-corrected chi connectivity index (χ2v) is 8.59. The van der Waals surface area contributed by atoms with Gasteiger partial charge in [-0.1, -0.05) is 84.4 Å². The maximum atomic E-state index is 13.6. The number of hydrogen-bond donors (Lipinski definition) is 1. The van der Waals surface area contributed by atoms with Crippen molar-refractivity contribution in [3.8, 4) is 0 Å². The highest BCUT2D eigenvalue weighted by Gasteiger charge is 2.30. The molecule has 0 radical (unpaired) electrons. The van der Waals surface area contributed by atoms with Gasteiger partial charge in [-0.15, -0.1) is 0 Å². The lowest BCUT2D eigenvalue weighted by Crippen LogP contribution is -2.51. The molecule has 3 rings (SSSR count). The van der Waals surface area contributed by atoms with Gasteiger partial charge in [0.25, 0.3) is 0 Å². The fourth-order valence-corrected chi connectivity index (χ4v) is 3.88. The first-order valence-corrected chi connectivity index (χ1v) is 11.8. The van der Waals surface area contributed by atoms with Gasteiger partial charge >= 0.3 is 0 Å². The highest BCUT2D eigenvalue weighted by atomic mass is 35.5. The number of hydrogen-bond acceptors (Lipinski definition) is 3. The number of methoxy groups -OCH3 is 1. The highest BCUT2D eigenvalue weighted by Crippen LogP contribution is 2.17. The minimum atomic E-state index is -0.648. The molecule has 0 saturated carbocycles. The predicted octanol–water partition coefficient (Wildman–Crippen LogP) is 4.68. The van der Waals surface area contributed by atoms with Crippen LogP contribution in [-0.4, -0.2) is 43.0 Å². The van der Waals surface area contributed by atoms with Crippen LogP contribution >= 0.6 is 11.6 Å². The zero-order valence-corrected chi connectivity index (χ0v) is 20.2. The van der Waals surface area contributed by atoms with E-state index in [1.807, 2.05) is 72.8 Å². The monoisotopic (exact) mass is 478 g/mol. The standard InChI is InChI=1S/C28H31ClN2O3/c1-34-18-8-17-30-28(33)26(19-22-9-4-2-5-10-22)31(21-24-11-6-3-7-12-24)27(32)20-23-13-15-25(29)16-14-23/h2-7,9-16,26H,8,17-21H2,1H3,(H,30,33)/t26-/m1/s1. The Kier molecular flexibility index (Phi) is 10.1. The van der Waals surface area contributed by atoms with Crippen LogP contribution in [0.4, 0.5) is 0 Å². The zero-order valence-electron chi connectivity index (χ0n) is 19.5. The minimum Gasteiger partial charge on any atom is -0.385 e. The molecule has 178 valence electrons. The van der Waals surface area contributed by atoms with Gasteiger partial charge in [0, 0.05) is 38.2 Å². The molecule has 0 aliphatic rings. The fraction of sp³-hybridized carbons (Fsp3) is 0.286. The van der Waals surface area contributed by atoms with E-state index in [0.717, 1.165) is 16.7 Å². The number of nitrogens with zero attached hydrogens (tertiary/aromatic N) is 1. The smallest absolute Gasteiger partial charge is 0.243 e. The molecule has 0 unspecified atom stereocenters. The molecule has 0 aromatic heterocycles. The Bertz CT molecular complexity index is 1030. The van der Waals surface area contributed by atoms with E-state index in [4.69, 9.17) is 16.3 Å². The van der Waals surface area contributed by atoms with Crippen LogP contribution in [0.25, 0.3) is 0 Å². The summed E-state index contributed by atoms with van der Waals surface area (Å²) in [5.74, 6) is -0.278.